The fraction of sp³-hybridized carbons (Fsp3) is 0.714. The van der Waals surface area contributed by atoms with E-state index in [-0.39, 0.29) is 18.0 Å². The van der Waals surface area contributed by atoms with Gasteiger partial charge in [-0.05, 0) is 12.8 Å². The van der Waals surface area contributed by atoms with Crippen LogP contribution in [0.3, 0.4) is 0 Å². The van der Waals surface area contributed by atoms with E-state index in [2.05, 4.69) is 0 Å². The van der Waals surface area contributed by atoms with Crippen LogP contribution >= 0.6 is 0 Å². The average molecular weight is 156 g/mol. The Morgan fingerprint density at radius 1 is 1.55 bits per heavy atom. The summed E-state index contributed by atoms with van der Waals surface area (Å²) in [4.78, 5) is 21.4. The largest absolute Gasteiger partial charge is 0.481 e. The minimum Gasteiger partial charge on any atom is -0.481 e. The van der Waals surface area contributed by atoms with E-state index in [4.69, 9.17) is 9.84 Å². The normalized spacial score (nSPS) is 40.7. The fourth-order valence-electron chi connectivity index (χ4n) is 1.87. The van der Waals surface area contributed by atoms with E-state index >= 15 is 0 Å². The maximum atomic E-state index is 10.9. The highest BCUT2D eigenvalue weighted by Crippen LogP contribution is 2.40. The number of esters is 1. The van der Waals surface area contributed by atoms with Crippen LogP contribution < -0.4 is 0 Å². The monoisotopic (exact) mass is 156 g/mol. The van der Waals surface area contributed by atoms with Gasteiger partial charge in [0.2, 0.25) is 0 Å². The van der Waals surface area contributed by atoms with Crippen molar-refractivity contribution >= 4 is 11.9 Å². The molecule has 0 radical (unpaired) electrons. The molecule has 0 aromatic rings. The molecule has 11 heavy (non-hydrogen) atoms. The lowest BCUT2D eigenvalue weighted by Crippen LogP contribution is -2.28. The number of fused-ring (bicyclic) bond motifs is 2. The Bertz CT molecular complexity index is 222. The second-order valence-electron chi connectivity index (χ2n) is 3.08. The van der Waals surface area contributed by atoms with E-state index in [1.165, 1.54) is 0 Å². The zero-order chi connectivity index (χ0) is 8.01. The third-order valence-corrected chi connectivity index (χ3v) is 2.42. The van der Waals surface area contributed by atoms with Crippen LogP contribution in [0.2, 0.25) is 0 Å². The number of carbonyl (C=O) groups is 2. The molecule has 1 heterocycles. The van der Waals surface area contributed by atoms with Crippen LogP contribution in [0.25, 0.3) is 0 Å². The summed E-state index contributed by atoms with van der Waals surface area (Å²) in [5, 5.41) is 8.65. The molecule has 0 aromatic heterocycles. The predicted octanol–water partition coefficient (Wildman–Crippen LogP) is 0.0226. The SMILES string of the molecule is O=C(O)[C@H]1C[C@H]2C[C@H]1C(=O)O2. The summed E-state index contributed by atoms with van der Waals surface area (Å²) in [6.45, 7) is 0. The highest BCUT2D eigenvalue weighted by molar-refractivity contribution is 5.84. The van der Waals surface area contributed by atoms with Gasteiger partial charge >= 0.3 is 11.9 Å². The molecule has 0 spiro atoms. The van der Waals surface area contributed by atoms with Crippen LogP contribution in [-0.4, -0.2) is 23.1 Å². The summed E-state index contributed by atoms with van der Waals surface area (Å²) >= 11 is 0. The molecule has 0 unspecified atom stereocenters. The first-order chi connectivity index (χ1) is 5.18. The number of carboxylic acid groups (broad SMARTS) is 1. The van der Waals surface area contributed by atoms with Gasteiger partial charge in [-0.3, -0.25) is 9.59 Å². The number of ether oxygens (including phenoxy) is 1. The van der Waals surface area contributed by atoms with Gasteiger partial charge in [-0.2, -0.15) is 0 Å². The third kappa shape index (κ3) is 0.818. The number of aliphatic carboxylic acids is 1. The number of hydrogen-bond acceptors (Lipinski definition) is 3. The van der Waals surface area contributed by atoms with Gasteiger partial charge in [-0.15, -0.1) is 0 Å². The third-order valence-electron chi connectivity index (χ3n) is 2.42. The fourth-order valence-corrected chi connectivity index (χ4v) is 1.87. The molecule has 1 saturated heterocycles. The van der Waals surface area contributed by atoms with E-state index < -0.39 is 11.9 Å². The molecular weight excluding hydrogens is 148 g/mol. The molecule has 4 heteroatoms. The van der Waals surface area contributed by atoms with Crippen molar-refractivity contribution in [3.8, 4) is 0 Å². The van der Waals surface area contributed by atoms with Crippen molar-refractivity contribution in [1.29, 1.82) is 0 Å². The lowest BCUT2D eigenvalue weighted by molar-refractivity contribution is -0.158. The molecule has 60 valence electrons. The van der Waals surface area contributed by atoms with Gasteiger partial charge in [0.15, 0.2) is 0 Å². The van der Waals surface area contributed by atoms with Gasteiger partial charge < -0.3 is 9.84 Å². The highest BCUT2D eigenvalue weighted by atomic mass is 16.6. The van der Waals surface area contributed by atoms with Crippen LogP contribution in [0.4, 0.5) is 0 Å². The summed E-state index contributed by atoms with van der Waals surface area (Å²) in [6.07, 6.45) is 0.996. The van der Waals surface area contributed by atoms with Crippen LogP contribution in [-0.2, 0) is 14.3 Å². The molecule has 1 saturated carbocycles. The van der Waals surface area contributed by atoms with E-state index in [9.17, 15) is 9.59 Å². The Balaban J connectivity index is 2.18. The van der Waals surface area contributed by atoms with Gasteiger partial charge in [-0.1, -0.05) is 0 Å². The topological polar surface area (TPSA) is 63.6 Å². The highest BCUT2D eigenvalue weighted by Gasteiger charge is 2.50. The molecular formula is C7H8O4. The van der Waals surface area contributed by atoms with Crippen molar-refractivity contribution in [1.82, 2.24) is 0 Å². The van der Waals surface area contributed by atoms with E-state index in [1.54, 1.807) is 0 Å². The predicted molar refractivity (Wildman–Crippen MR) is 33.7 cm³/mol. The standard InChI is InChI=1S/C7H8O4/c8-6(9)4-1-3-2-5(4)7(10)11-3/h3-5H,1-2H2,(H,8,9)/t3-,4-,5+/m0/s1. The summed E-state index contributed by atoms with van der Waals surface area (Å²) in [6, 6.07) is 0. The molecule has 1 N–H and O–H groups in total. The first-order valence-electron chi connectivity index (χ1n) is 3.62. The van der Waals surface area contributed by atoms with Crippen LogP contribution in [0, 0.1) is 11.8 Å². The van der Waals surface area contributed by atoms with E-state index in [0.717, 1.165) is 0 Å². The molecule has 2 fully saturated rings. The van der Waals surface area contributed by atoms with Crippen molar-refractivity contribution in [2.45, 2.75) is 18.9 Å². The zero-order valence-corrected chi connectivity index (χ0v) is 5.82. The maximum Gasteiger partial charge on any atom is 0.310 e. The van der Waals surface area contributed by atoms with Crippen molar-refractivity contribution in [3.63, 3.8) is 0 Å². The van der Waals surface area contributed by atoms with Gasteiger partial charge in [-0.25, -0.2) is 0 Å². The summed E-state index contributed by atoms with van der Waals surface area (Å²) < 4.78 is 4.84. The molecule has 2 rings (SSSR count). The minimum atomic E-state index is -0.867. The van der Waals surface area contributed by atoms with Crippen LogP contribution in [0.15, 0.2) is 0 Å². The second-order valence-corrected chi connectivity index (χ2v) is 3.08. The Kier molecular flexibility index (Phi) is 1.19. The molecule has 2 bridgehead atoms. The number of rotatable bonds is 1. The van der Waals surface area contributed by atoms with Gasteiger partial charge in [0.1, 0.15) is 6.10 Å². The van der Waals surface area contributed by atoms with Crippen molar-refractivity contribution < 1.29 is 19.4 Å². The van der Waals surface area contributed by atoms with Crippen LogP contribution in [0.5, 0.6) is 0 Å². The Hall–Kier alpha value is -1.06. The summed E-state index contributed by atoms with van der Waals surface area (Å²) in [7, 11) is 0. The number of carboxylic acids is 1. The van der Waals surface area contributed by atoms with Crippen molar-refractivity contribution in [2.75, 3.05) is 0 Å². The maximum absolute atomic E-state index is 10.9. The Morgan fingerprint density at radius 2 is 2.27 bits per heavy atom. The summed E-state index contributed by atoms with van der Waals surface area (Å²) in [5.41, 5.74) is 0. The molecule has 1 aliphatic carbocycles. The average Bonchev–Trinajstić information content (AvgIpc) is 2.43. The minimum absolute atomic E-state index is 0.117. The molecule has 4 nitrogen and oxygen atoms in total. The molecule has 1 aliphatic heterocycles. The van der Waals surface area contributed by atoms with Gasteiger partial charge in [0.05, 0.1) is 11.8 Å². The lowest BCUT2D eigenvalue weighted by atomic mass is 9.96. The van der Waals surface area contributed by atoms with E-state index in [1.807, 2.05) is 0 Å². The first-order valence-corrected chi connectivity index (χ1v) is 3.62. The van der Waals surface area contributed by atoms with Gasteiger partial charge in [0.25, 0.3) is 0 Å². The zero-order valence-electron chi connectivity index (χ0n) is 5.82. The Morgan fingerprint density at radius 3 is 2.64 bits per heavy atom. The lowest BCUT2D eigenvalue weighted by Gasteiger charge is -2.16. The van der Waals surface area contributed by atoms with Gasteiger partial charge in [0, 0.05) is 0 Å². The van der Waals surface area contributed by atoms with Crippen molar-refractivity contribution in [2.24, 2.45) is 11.8 Å². The van der Waals surface area contributed by atoms with E-state index in [0.29, 0.717) is 12.8 Å². The molecule has 0 aromatic carbocycles. The Labute approximate surface area is 63.1 Å². The summed E-state index contributed by atoms with van der Waals surface area (Å²) in [5.74, 6) is -2.04. The number of carbonyl (C=O) groups excluding carboxylic acids is 1. The smallest absolute Gasteiger partial charge is 0.310 e. The van der Waals surface area contributed by atoms with Crippen molar-refractivity contribution in [3.05, 3.63) is 0 Å². The quantitative estimate of drug-likeness (QED) is 0.544. The molecule has 0 amide bonds. The molecule has 3 atom stereocenters. The molecule has 2 aliphatic rings. The van der Waals surface area contributed by atoms with Crippen LogP contribution in [0.1, 0.15) is 12.8 Å². The number of hydrogen-bond donors (Lipinski definition) is 1. The second kappa shape index (κ2) is 1.96. The first kappa shape index (κ1) is 6.64.